The van der Waals surface area contributed by atoms with Crippen molar-refractivity contribution in [1.29, 1.82) is 0 Å². The third-order valence-corrected chi connectivity index (χ3v) is 6.70. The molecule has 10 nitrogen and oxygen atoms in total. The second kappa shape index (κ2) is 11.5. The summed E-state index contributed by atoms with van der Waals surface area (Å²) in [4.78, 5) is 33.2. The molecule has 0 aliphatic rings. The lowest BCUT2D eigenvalue weighted by Crippen LogP contribution is -2.69. The highest BCUT2D eigenvalue weighted by Gasteiger charge is 2.63. The maximum Gasteiger partial charge on any atom is 0.441 e. The lowest BCUT2D eigenvalue weighted by Gasteiger charge is -2.35. The topological polar surface area (TPSA) is 139 Å². The molecule has 1 heterocycles. The van der Waals surface area contributed by atoms with Gasteiger partial charge in [0.2, 0.25) is 0 Å². The molecule has 0 fully saturated rings. The minimum Gasteiger partial charge on any atom is -0.463 e. The summed E-state index contributed by atoms with van der Waals surface area (Å²) in [6.07, 6.45) is -5.40. The highest BCUT2D eigenvalue weighted by atomic mass is 35.5. The standard InChI is InChI=1S/C24H23ClF3N5O5S/c1-4-38-22(35)23(24(26,27)28,32-21(34)16-6-5-7-17(25)13-16)31-18-8-10-19(11-9-18)39(36,37)33-20-12-14(2)29-15(3)30-20/h5-13,31H,4H2,1-3H3,(H,32,34)(H,29,30,33)/t23-/m0/s1. The molecule has 1 amide bonds. The number of aromatic nitrogens is 2. The molecule has 1 aromatic heterocycles. The first-order valence-electron chi connectivity index (χ1n) is 11.2. The summed E-state index contributed by atoms with van der Waals surface area (Å²) in [5.41, 5.74) is -3.80. The fourth-order valence-corrected chi connectivity index (χ4v) is 4.58. The van der Waals surface area contributed by atoms with E-state index in [1.807, 2.05) is 5.32 Å². The van der Waals surface area contributed by atoms with Crippen LogP contribution in [0.1, 0.15) is 28.8 Å². The molecule has 0 spiro atoms. The predicted octanol–water partition coefficient (Wildman–Crippen LogP) is 4.21. The summed E-state index contributed by atoms with van der Waals surface area (Å²) in [5, 5.41) is 3.74. The van der Waals surface area contributed by atoms with Crippen LogP contribution in [0.5, 0.6) is 0 Å². The predicted molar refractivity (Wildman–Crippen MR) is 137 cm³/mol. The van der Waals surface area contributed by atoms with Crippen molar-refractivity contribution in [2.75, 3.05) is 16.6 Å². The maximum atomic E-state index is 14.4. The Bertz CT molecular complexity index is 1470. The van der Waals surface area contributed by atoms with Crippen molar-refractivity contribution in [2.24, 2.45) is 0 Å². The maximum absolute atomic E-state index is 14.4. The van der Waals surface area contributed by atoms with Crippen molar-refractivity contribution in [1.82, 2.24) is 15.3 Å². The van der Waals surface area contributed by atoms with Gasteiger partial charge in [0, 0.05) is 28.0 Å². The zero-order valence-corrected chi connectivity index (χ0v) is 22.3. The first kappa shape index (κ1) is 29.6. The highest BCUT2D eigenvalue weighted by molar-refractivity contribution is 7.92. The van der Waals surface area contributed by atoms with E-state index in [0.717, 1.165) is 30.3 Å². The van der Waals surface area contributed by atoms with Gasteiger partial charge in [-0.05, 0) is 63.2 Å². The number of anilines is 2. The molecule has 15 heteroatoms. The van der Waals surface area contributed by atoms with E-state index in [1.165, 1.54) is 31.2 Å². The number of nitrogens with one attached hydrogen (secondary N) is 3. The molecule has 3 rings (SSSR count). The summed E-state index contributed by atoms with van der Waals surface area (Å²) in [5.74, 6) is -2.77. The Hall–Kier alpha value is -3.91. The number of carbonyl (C=O) groups excluding carboxylic acids is 2. The number of hydrogen-bond acceptors (Lipinski definition) is 8. The number of halogens is 4. The molecule has 0 saturated carbocycles. The number of amides is 1. The Morgan fingerprint density at radius 2 is 1.69 bits per heavy atom. The molecule has 3 N–H and O–H groups in total. The van der Waals surface area contributed by atoms with E-state index in [9.17, 15) is 31.2 Å². The van der Waals surface area contributed by atoms with E-state index >= 15 is 0 Å². The van der Waals surface area contributed by atoms with Gasteiger partial charge >= 0.3 is 17.8 Å². The van der Waals surface area contributed by atoms with Gasteiger partial charge in [0.1, 0.15) is 11.6 Å². The first-order valence-corrected chi connectivity index (χ1v) is 13.1. The number of alkyl halides is 3. The molecular formula is C24H23ClF3N5O5S. The van der Waals surface area contributed by atoms with Crippen molar-refractivity contribution in [2.45, 2.75) is 37.5 Å². The van der Waals surface area contributed by atoms with Crippen LogP contribution in [-0.2, 0) is 19.6 Å². The SMILES string of the molecule is CCOC(=O)[C@@](NC(=O)c1cccc(Cl)c1)(Nc1ccc(S(=O)(=O)Nc2cc(C)nc(C)n2)cc1)C(F)(F)F. The number of aryl methyl sites for hydroxylation is 2. The van der Waals surface area contributed by atoms with Gasteiger partial charge in [-0.2, -0.15) is 13.2 Å². The van der Waals surface area contributed by atoms with Crippen LogP contribution in [-0.4, -0.2) is 48.7 Å². The van der Waals surface area contributed by atoms with Crippen LogP contribution in [0.2, 0.25) is 5.02 Å². The van der Waals surface area contributed by atoms with Crippen molar-refractivity contribution < 1.29 is 35.9 Å². The third-order valence-electron chi connectivity index (χ3n) is 5.10. The molecular weight excluding hydrogens is 563 g/mol. The van der Waals surface area contributed by atoms with Gasteiger partial charge in [-0.3, -0.25) is 9.52 Å². The second-order valence-corrected chi connectivity index (χ2v) is 10.2. The molecule has 0 aliphatic carbocycles. The average molecular weight is 586 g/mol. The summed E-state index contributed by atoms with van der Waals surface area (Å²) in [6.45, 7) is 4.10. The van der Waals surface area contributed by atoms with Crippen molar-refractivity contribution in [3.63, 3.8) is 0 Å². The Morgan fingerprint density at radius 1 is 1.03 bits per heavy atom. The minimum atomic E-state index is -5.40. The fourth-order valence-electron chi connectivity index (χ4n) is 3.40. The van der Waals surface area contributed by atoms with Crippen LogP contribution < -0.4 is 15.4 Å². The molecule has 1 atom stereocenters. The van der Waals surface area contributed by atoms with Gasteiger partial charge in [-0.25, -0.2) is 23.2 Å². The molecule has 0 unspecified atom stereocenters. The van der Waals surface area contributed by atoms with Gasteiger partial charge in [-0.15, -0.1) is 0 Å². The molecule has 0 bridgehead atoms. The Labute approximate surface area is 227 Å². The molecule has 0 radical (unpaired) electrons. The van der Waals surface area contributed by atoms with Crippen LogP contribution in [0, 0.1) is 13.8 Å². The van der Waals surface area contributed by atoms with E-state index in [-0.39, 0.29) is 27.0 Å². The van der Waals surface area contributed by atoms with E-state index in [1.54, 1.807) is 19.2 Å². The summed E-state index contributed by atoms with van der Waals surface area (Å²) >= 11 is 5.84. The number of sulfonamides is 1. The zero-order valence-electron chi connectivity index (χ0n) is 20.8. The number of hydrogen-bond donors (Lipinski definition) is 3. The Kier molecular flexibility index (Phi) is 8.70. The third kappa shape index (κ3) is 6.95. The number of benzene rings is 2. The minimum absolute atomic E-state index is 0.00401. The lowest BCUT2D eigenvalue weighted by molar-refractivity contribution is -0.204. The molecule has 2 aromatic carbocycles. The van der Waals surface area contributed by atoms with Gasteiger partial charge in [0.25, 0.3) is 15.9 Å². The number of rotatable bonds is 9. The molecule has 0 saturated heterocycles. The number of carbonyl (C=O) groups is 2. The Morgan fingerprint density at radius 3 is 2.26 bits per heavy atom. The van der Waals surface area contributed by atoms with Crippen LogP contribution in [0.3, 0.4) is 0 Å². The van der Waals surface area contributed by atoms with Gasteiger partial charge in [0.05, 0.1) is 11.5 Å². The van der Waals surface area contributed by atoms with Crippen LogP contribution in [0.25, 0.3) is 0 Å². The number of esters is 1. The van der Waals surface area contributed by atoms with Crippen LogP contribution in [0.4, 0.5) is 24.7 Å². The summed E-state index contributed by atoms with van der Waals surface area (Å²) < 4.78 is 75.8. The molecule has 208 valence electrons. The molecule has 0 aliphatic heterocycles. The van der Waals surface area contributed by atoms with Crippen molar-refractivity contribution in [3.8, 4) is 0 Å². The van der Waals surface area contributed by atoms with Gasteiger partial charge in [0.15, 0.2) is 0 Å². The van der Waals surface area contributed by atoms with Gasteiger partial charge < -0.3 is 15.4 Å². The summed E-state index contributed by atoms with van der Waals surface area (Å²) in [6, 6.07) is 10.5. The largest absolute Gasteiger partial charge is 0.463 e. The Balaban J connectivity index is 1.95. The van der Waals surface area contributed by atoms with Crippen molar-refractivity contribution in [3.05, 3.63) is 76.7 Å². The zero-order chi connectivity index (χ0) is 29.0. The number of ether oxygens (including phenoxy) is 1. The van der Waals surface area contributed by atoms with E-state index in [2.05, 4.69) is 19.4 Å². The summed E-state index contributed by atoms with van der Waals surface area (Å²) in [7, 11) is -4.18. The fraction of sp³-hybridized carbons (Fsp3) is 0.250. The second-order valence-electron chi connectivity index (χ2n) is 8.13. The smallest absolute Gasteiger partial charge is 0.441 e. The highest BCUT2D eigenvalue weighted by Crippen LogP contribution is 2.34. The van der Waals surface area contributed by atoms with Crippen LogP contribution >= 0.6 is 11.6 Å². The number of nitrogens with zero attached hydrogens (tertiary/aromatic N) is 2. The monoisotopic (exact) mass is 585 g/mol. The van der Waals surface area contributed by atoms with E-state index < -0.39 is 40.3 Å². The first-order chi connectivity index (χ1) is 18.2. The molecule has 39 heavy (non-hydrogen) atoms. The normalized spacial score (nSPS) is 13.2. The lowest BCUT2D eigenvalue weighted by atomic mass is 10.1. The van der Waals surface area contributed by atoms with Crippen molar-refractivity contribution >= 4 is 45.0 Å². The molecule has 3 aromatic rings. The average Bonchev–Trinajstić information content (AvgIpc) is 2.82. The van der Waals surface area contributed by atoms with E-state index in [0.29, 0.717) is 11.5 Å². The van der Waals surface area contributed by atoms with Gasteiger partial charge in [-0.1, -0.05) is 17.7 Å². The van der Waals surface area contributed by atoms with E-state index in [4.69, 9.17) is 11.6 Å². The van der Waals surface area contributed by atoms with Crippen LogP contribution in [0.15, 0.2) is 59.5 Å². The quantitative estimate of drug-likeness (QED) is 0.251.